The molecule has 0 aliphatic carbocycles. The molecule has 2 aliphatic rings. The van der Waals surface area contributed by atoms with E-state index in [1.807, 2.05) is 0 Å². The third kappa shape index (κ3) is 3.03. The van der Waals surface area contributed by atoms with Crippen LogP contribution in [-0.4, -0.2) is 59.3 Å². The molecular weight excluding hydrogens is 268 g/mol. The number of ether oxygens (including phenoxy) is 1. The highest BCUT2D eigenvalue weighted by molar-refractivity contribution is 8.00. The highest BCUT2D eigenvalue weighted by Gasteiger charge is 2.53. The first-order valence-corrected chi connectivity index (χ1v) is 8.97. The standard InChI is InChI=1S/C16H32N2OS/c1-11-12(2)20-9-8-18(11)10-13-14(17-7)16(5,6)19-15(13,3)4/h11-14,17H,8-10H2,1-7H3. The molecule has 2 fully saturated rings. The average molecular weight is 301 g/mol. The predicted molar refractivity (Wildman–Crippen MR) is 88.5 cm³/mol. The van der Waals surface area contributed by atoms with Crippen LogP contribution in [0.25, 0.3) is 0 Å². The molecule has 2 aliphatic heterocycles. The molecule has 20 heavy (non-hydrogen) atoms. The van der Waals surface area contributed by atoms with Crippen molar-refractivity contribution in [2.24, 2.45) is 5.92 Å². The molecule has 0 bridgehead atoms. The minimum absolute atomic E-state index is 0.0648. The number of nitrogens with zero attached hydrogens (tertiary/aromatic N) is 1. The van der Waals surface area contributed by atoms with Crippen LogP contribution >= 0.6 is 11.8 Å². The largest absolute Gasteiger partial charge is 0.368 e. The van der Waals surface area contributed by atoms with E-state index in [0.717, 1.165) is 11.8 Å². The van der Waals surface area contributed by atoms with E-state index in [-0.39, 0.29) is 11.2 Å². The van der Waals surface area contributed by atoms with Crippen molar-refractivity contribution in [3.05, 3.63) is 0 Å². The molecule has 0 aromatic carbocycles. The molecule has 0 amide bonds. The molecule has 2 heterocycles. The second kappa shape index (κ2) is 5.79. The SMILES string of the molecule is CNC1C(CN2CCSC(C)C2C)C(C)(C)OC1(C)C. The third-order valence-corrected chi connectivity index (χ3v) is 6.67. The van der Waals surface area contributed by atoms with Gasteiger partial charge in [-0.15, -0.1) is 0 Å². The Morgan fingerprint density at radius 1 is 1.20 bits per heavy atom. The van der Waals surface area contributed by atoms with E-state index in [9.17, 15) is 0 Å². The normalized spacial score (nSPS) is 41.0. The highest BCUT2D eigenvalue weighted by Crippen LogP contribution is 2.43. The van der Waals surface area contributed by atoms with Crippen LogP contribution in [0.5, 0.6) is 0 Å². The Morgan fingerprint density at radius 3 is 2.45 bits per heavy atom. The van der Waals surface area contributed by atoms with E-state index in [0.29, 0.717) is 18.0 Å². The molecule has 0 aromatic rings. The van der Waals surface area contributed by atoms with Gasteiger partial charge in [-0.05, 0) is 41.7 Å². The summed E-state index contributed by atoms with van der Waals surface area (Å²) >= 11 is 2.11. The zero-order valence-corrected chi connectivity index (χ0v) is 15.0. The molecule has 118 valence electrons. The molecule has 2 rings (SSSR count). The van der Waals surface area contributed by atoms with Crippen molar-refractivity contribution >= 4 is 11.8 Å². The molecule has 2 saturated heterocycles. The van der Waals surface area contributed by atoms with Crippen LogP contribution in [0.3, 0.4) is 0 Å². The number of nitrogens with one attached hydrogen (secondary N) is 1. The second-order valence-electron chi connectivity index (χ2n) is 7.49. The van der Waals surface area contributed by atoms with Crippen molar-refractivity contribution in [3.8, 4) is 0 Å². The van der Waals surface area contributed by atoms with Gasteiger partial charge in [-0.25, -0.2) is 0 Å². The van der Waals surface area contributed by atoms with Crippen LogP contribution in [0, 0.1) is 5.92 Å². The first-order chi connectivity index (χ1) is 9.19. The summed E-state index contributed by atoms with van der Waals surface area (Å²) in [7, 11) is 2.07. The van der Waals surface area contributed by atoms with Crippen LogP contribution in [0.4, 0.5) is 0 Å². The van der Waals surface area contributed by atoms with E-state index in [4.69, 9.17) is 4.74 Å². The molecule has 1 N–H and O–H groups in total. The van der Waals surface area contributed by atoms with Gasteiger partial charge in [0.15, 0.2) is 0 Å². The van der Waals surface area contributed by atoms with Gasteiger partial charge in [-0.2, -0.15) is 11.8 Å². The second-order valence-corrected chi connectivity index (χ2v) is 8.98. The van der Waals surface area contributed by atoms with Crippen LogP contribution < -0.4 is 5.32 Å². The monoisotopic (exact) mass is 300 g/mol. The quantitative estimate of drug-likeness (QED) is 0.866. The minimum Gasteiger partial charge on any atom is -0.368 e. The third-order valence-electron chi connectivity index (χ3n) is 5.33. The van der Waals surface area contributed by atoms with Crippen molar-refractivity contribution in [1.82, 2.24) is 10.2 Å². The molecule has 4 atom stereocenters. The zero-order chi connectivity index (χ0) is 15.1. The summed E-state index contributed by atoms with van der Waals surface area (Å²) in [4.78, 5) is 2.67. The Kier molecular flexibility index (Phi) is 4.80. The molecule has 3 nitrogen and oxygen atoms in total. The molecule has 0 saturated carbocycles. The van der Waals surface area contributed by atoms with Gasteiger partial charge in [0, 0.05) is 42.1 Å². The maximum atomic E-state index is 6.36. The molecule has 4 heteroatoms. The van der Waals surface area contributed by atoms with Gasteiger partial charge in [0.2, 0.25) is 0 Å². The molecular formula is C16H32N2OS. The van der Waals surface area contributed by atoms with Gasteiger partial charge in [0.1, 0.15) is 0 Å². The van der Waals surface area contributed by atoms with Gasteiger partial charge in [0.05, 0.1) is 11.2 Å². The van der Waals surface area contributed by atoms with Crippen LogP contribution in [0.15, 0.2) is 0 Å². The minimum atomic E-state index is -0.0949. The van der Waals surface area contributed by atoms with Crippen LogP contribution in [0.1, 0.15) is 41.5 Å². The summed E-state index contributed by atoms with van der Waals surface area (Å²) < 4.78 is 6.36. The van der Waals surface area contributed by atoms with E-state index in [1.165, 1.54) is 12.3 Å². The Morgan fingerprint density at radius 2 is 1.85 bits per heavy atom. The smallest absolute Gasteiger partial charge is 0.0790 e. The van der Waals surface area contributed by atoms with Crippen molar-refractivity contribution in [3.63, 3.8) is 0 Å². The maximum absolute atomic E-state index is 6.36. The summed E-state index contributed by atoms with van der Waals surface area (Å²) in [6, 6.07) is 1.07. The lowest BCUT2D eigenvalue weighted by molar-refractivity contribution is -0.0799. The molecule has 0 radical (unpaired) electrons. The number of hydrogen-bond acceptors (Lipinski definition) is 4. The van der Waals surface area contributed by atoms with Gasteiger partial charge in [0.25, 0.3) is 0 Å². The molecule has 0 aromatic heterocycles. The fourth-order valence-corrected chi connectivity index (χ4v) is 5.25. The number of hydrogen-bond donors (Lipinski definition) is 1. The lowest BCUT2D eigenvalue weighted by atomic mass is 9.82. The zero-order valence-electron chi connectivity index (χ0n) is 14.2. The number of likely N-dealkylation sites (N-methyl/N-ethyl adjacent to an activating group) is 1. The Hall–Kier alpha value is 0.230. The van der Waals surface area contributed by atoms with E-state index in [2.05, 4.69) is 70.6 Å². The summed E-state index contributed by atoms with van der Waals surface area (Å²) in [5, 5.41) is 4.25. The van der Waals surface area contributed by atoms with Crippen molar-refractivity contribution in [2.45, 2.75) is 70.1 Å². The molecule has 0 spiro atoms. The topological polar surface area (TPSA) is 24.5 Å². The van der Waals surface area contributed by atoms with Gasteiger partial charge >= 0.3 is 0 Å². The number of rotatable bonds is 3. The highest BCUT2D eigenvalue weighted by atomic mass is 32.2. The van der Waals surface area contributed by atoms with Crippen molar-refractivity contribution < 1.29 is 4.74 Å². The summed E-state index contributed by atoms with van der Waals surface area (Å²) in [6.07, 6.45) is 0. The Bertz CT molecular complexity index is 345. The van der Waals surface area contributed by atoms with Crippen molar-refractivity contribution in [1.29, 1.82) is 0 Å². The first-order valence-electron chi connectivity index (χ1n) is 7.92. The lowest BCUT2D eigenvalue weighted by Crippen LogP contribution is -2.53. The predicted octanol–water partition coefficient (Wildman–Crippen LogP) is 2.60. The van der Waals surface area contributed by atoms with Crippen LogP contribution in [-0.2, 0) is 4.74 Å². The molecule has 4 unspecified atom stereocenters. The fraction of sp³-hybridized carbons (Fsp3) is 1.00. The fourth-order valence-electron chi connectivity index (χ4n) is 4.08. The Balaban J connectivity index is 2.14. The van der Waals surface area contributed by atoms with E-state index >= 15 is 0 Å². The Labute approximate surface area is 129 Å². The van der Waals surface area contributed by atoms with E-state index in [1.54, 1.807) is 0 Å². The first kappa shape index (κ1) is 16.6. The summed E-state index contributed by atoms with van der Waals surface area (Å²) in [6.45, 7) is 16.0. The maximum Gasteiger partial charge on any atom is 0.0790 e. The number of thioether (sulfide) groups is 1. The van der Waals surface area contributed by atoms with Gasteiger partial charge in [-0.1, -0.05) is 6.92 Å². The summed E-state index contributed by atoms with van der Waals surface area (Å²) in [5.41, 5.74) is -0.160. The van der Waals surface area contributed by atoms with Crippen molar-refractivity contribution in [2.75, 3.05) is 25.9 Å². The van der Waals surface area contributed by atoms with Crippen LogP contribution in [0.2, 0.25) is 0 Å². The van der Waals surface area contributed by atoms with E-state index < -0.39 is 0 Å². The van der Waals surface area contributed by atoms with Gasteiger partial charge in [-0.3, -0.25) is 4.90 Å². The van der Waals surface area contributed by atoms with Gasteiger partial charge < -0.3 is 10.1 Å². The average Bonchev–Trinajstić information content (AvgIpc) is 2.49. The lowest BCUT2D eigenvalue weighted by Gasteiger charge is -2.41. The summed E-state index contributed by atoms with van der Waals surface area (Å²) in [5.74, 6) is 1.79.